The molecule has 0 aliphatic carbocycles. The van der Waals surface area contributed by atoms with Gasteiger partial charge in [0, 0.05) is 42.7 Å². The number of aromatic amines is 1. The van der Waals surface area contributed by atoms with Gasteiger partial charge in [-0.25, -0.2) is 8.78 Å². The molecule has 2 heterocycles. The van der Waals surface area contributed by atoms with E-state index in [2.05, 4.69) is 4.98 Å². The van der Waals surface area contributed by atoms with Crippen LogP contribution < -0.4 is 4.74 Å². The highest BCUT2D eigenvalue weighted by molar-refractivity contribution is 6.01. The molecule has 0 atom stereocenters. The number of H-pyrrole nitrogens is 1. The molecule has 1 aliphatic heterocycles. The van der Waals surface area contributed by atoms with E-state index in [9.17, 15) is 9.18 Å². The Bertz CT molecular complexity index is 989. The summed E-state index contributed by atoms with van der Waals surface area (Å²) < 4.78 is 33.7. The number of rotatable bonds is 4. The van der Waals surface area contributed by atoms with Crippen molar-refractivity contribution in [2.75, 3.05) is 20.2 Å². The van der Waals surface area contributed by atoms with Crippen molar-refractivity contribution in [3.63, 3.8) is 0 Å². The summed E-state index contributed by atoms with van der Waals surface area (Å²) in [6, 6.07) is 11.4. The summed E-state index contributed by atoms with van der Waals surface area (Å²) in [4.78, 5) is 17.8. The topological polar surface area (TPSA) is 45.3 Å². The van der Waals surface area contributed by atoms with Gasteiger partial charge in [-0.15, -0.1) is 0 Å². The second-order valence-corrected chi connectivity index (χ2v) is 7.36. The van der Waals surface area contributed by atoms with Gasteiger partial charge in [-0.2, -0.15) is 0 Å². The molecule has 0 bridgehead atoms. The van der Waals surface area contributed by atoms with Gasteiger partial charge < -0.3 is 14.6 Å². The minimum Gasteiger partial charge on any atom is -0.496 e. The second kappa shape index (κ2) is 7.26. The molecule has 1 N–H and O–H groups in total. The van der Waals surface area contributed by atoms with Crippen LogP contribution in [0, 0.1) is 5.82 Å². The lowest BCUT2D eigenvalue weighted by Gasteiger charge is -2.36. The Morgan fingerprint density at radius 3 is 2.57 bits per heavy atom. The summed E-state index contributed by atoms with van der Waals surface area (Å²) in [6.07, 6.45) is 2.55. The Kier molecular flexibility index (Phi) is 4.79. The highest BCUT2D eigenvalue weighted by Crippen LogP contribution is 2.33. The lowest BCUT2D eigenvalue weighted by atomic mass is 9.87. The van der Waals surface area contributed by atoms with E-state index in [1.54, 1.807) is 23.1 Å². The van der Waals surface area contributed by atoms with Crippen molar-refractivity contribution in [2.24, 2.45) is 0 Å². The van der Waals surface area contributed by atoms with Gasteiger partial charge in [0.25, 0.3) is 5.91 Å². The molecule has 1 saturated heterocycles. The molecule has 4 rings (SSSR count). The number of hydrogen-bond acceptors (Lipinski definition) is 2. The minimum atomic E-state index is -1.39. The number of halogens is 2. The fourth-order valence-electron chi connectivity index (χ4n) is 3.84. The van der Waals surface area contributed by atoms with E-state index in [1.807, 2.05) is 18.3 Å². The number of carbonyl (C=O) groups excluding carboxylic acids is 1. The molecule has 4 nitrogen and oxygen atoms in total. The quantitative estimate of drug-likeness (QED) is 0.720. The SMILES string of the molecule is COc1cc2[nH]ccc2cc1C(=O)N1CCC(F)(Cc2ccc(F)cc2)CC1. The Hall–Kier alpha value is -2.89. The van der Waals surface area contributed by atoms with Crippen molar-refractivity contribution in [1.82, 2.24) is 9.88 Å². The molecule has 0 radical (unpaired) electrons. The molecule has 2 aromatic carbocycles. The van der Waals surface area contributed by atoms with Gasteiger partial charge in [0.15, 0.2) is 0 Å². The molecular weight excluding hydrogens is 362 g/mol. The molecule has 0 saturated carbocycles. The zero-order valence-corrected chi connectivity index (χ0v) is 15.7. The number of fused-ring (bicyclic) bond motifs is 1. The standard InChI is InChI=1S/C22H22F2N2O2/c1-28-20-13-19-16(6-9-25-19)12-18(20)21(27)26-10-7-22(24,8-11-26)14-15-2-4-17(23)5-3-15/h2-6,9,12-13,25H,7-8,10-11,14H2,1H3. The monoisotopic (exact) mass is 384 g/mol. The first kappa shape index (κ1) is 18.5. The fourth-order valence-corrected chi connectivity index (χ4v) is 3.84. The summed E-state index contributed by atoms with van der Waals surface area (Å²) in [6.45, 7) is 0.676. The van der Waals surface area contributed by atoms with Gasteiger partial charge in [0.1, 0.15) is 17.2 Å². The predicted octanol–water partition coefficient (Wildman–Crippen LogP) is 4.50. The Morgan fingerprint density at radius 2 is 1.89 bits per heavy atom. The Labute approximate surface area is 162 Å². The summed E-state index contributed by atoms with van der Waals surface area (Å²) in [5, 5.41) is 0.928. The lowest BCUT2D eigenvalue weighted by Crippen LogP contribution is -2.45. The summed E-state index contributed by atoms with van der Waals surface area (Å²) in [5.41, 5.74) is 0.764. The first-order valence-electron chi connectivity index (χ1n) is 9.35. The van der Waals surface area contributed by atoms with Crippen LogP contribution in [0.25, 0.3) is 10.9 Å². The number of carbonyl (C=O) groups is 1. The van der Waals surface area contributed by atoms with E-state index in [1.165, 1.54) is 19.2 Å². The van der Waals surface area contributed by atoms with E-state index in [-0.39, 0.29) is 31.0 Å². The molecule has 1 fully saturated rings. The number of methoxy groups -OCH3 is 1. The predicted molar refractivity (Wildman–Crippen MR) is 104 cm³/mol. The van der Waals surface area contributed by atoms with Crippen LogP contribution in [0.4, 0.5) is 8.78 Å². The number of aromatic nitrogens is 1. The van der Waals surface area contributed by atoms with Crippen LogP contribution in [0.1, 0.15) is 28.8 Å². The molecule has 28 heavy (non-hydrogen) atoms. The molecule has 1 aromatic heterocycles. The van der Waals surface area contributed by atoms with Gasteiger partial charge in [0.2, 0.25) is 0 Å². The number of benzene rings is 2. The van der Waals surface area contributed by atoms with Crippen molar-refractivity contribution in [2.45, 2.75) is 24.9 Å². The smallest absolute Gasteiger partial charge is 0.257 e. The van der Waals surface area contributed by atoms with Crippen molar-refractivity contribution in [3.8, 4) is 5.75 Å². The van der Waals surface area contributed by atoms with E-state index < -0.39 is 5.67 Å². The normalized spacial score (nSPS) is 16.3. The molecule has 1 aliphatic rings. The molecule has 6 heteroatoms. The van der Waals surface area contributed by atoms with Crippen molar-refractivity contribution < 1.29 is 18.3 Å². The third kappa shape index (κ3) is 3.59. The van der Waals surface area contributed by atoms with Crippen LogP contribution in [0.3, 0.4) is 0 Å². The average Bonchev–Trinajstić information content (AvgIpc) is 3.16. The second-order valence-electron chi connectivity index (χ2n) is 7.36. The van der Waals surface area contributed by atoms with Gasteiger partial charge in [-0.05, 0) is 42.7 Å². The average molecular weight is 384 g/mol. The van der Waals surface area contributed by atoms with Crippen molar-refractivity contribution >= 4 is 16.8 Å². The Balaban J connectivity index is 1.47. The first-order valence-corrected chi connectivity index (χ1v) is 9.35. The molecule has 0 unspecified atom stereocenters. The van der Waals surface area contributed by atoms with Crippen LogP contribution in [0.5, 0.6) is 5.75 Å². The zero-order chi connectivity index (χ0) is 19.7. The number of ether oxygens (including phenoxy) is 1. The van der Waals surface area contributed by atoms with Crippen LogP contribution in [0.15, 0.2) is 48.7 Å². The summed E-state index contributed by atoms with van der Waals surface area (Å²) in [7, 11) is 1.53. The third-order valence-electron chi connectivity index (χ3n) is 5.48. The highest BCUT2D eigenvalue weighted by Gasteiger charge is 2.36. The maximum atomic E-state index is 15.2. The molecule has 1 amide bonds. The Morgan fingerprint density at radius 1 is 1.18 bits per heavy atom. The highest BCUT2D eigenvalue weighted by atomic mass is 19.1. The van der Waals surface area contributed by atoms with Gasteiger partial charge in [-0.1, -0.05) is 12.1 Å². The fraction of sp³-hybridized carbons (Fsp3) is 0.318. The van der Waals surface area contributed by atoms with Crippen LogP contribution in [0.2, 0.25) is 0 Å². The number of hydrogen-bond donors (Lipinski definition) is 1. The number of likely N-dealkylation sites (tertiary alicyclic amines) is 1. The van der Waals surface area contributed by atoms with Crippen LogP contribution in [-0.2, 0) is 6.42 Å². The van der Waals surface area contributed by atoms with Crippen LogP contribution in [-0.4, -0.2) is 41.7 Å². The lowest BCUT2D eigenvalue weighted by molar-refractivity contribution is 0.0435. The molecular formula is C22H22F2N2O2. The number of nitrogens with one attached hydrogen (secondary N) is 1. The number of nitrogens with zero attached hydrogens (tertiary/aromatic N) is 1. The van der Waals surface area contributed by atoms with Crippen molar-refractivity contribution in [3.05, 3.63) is 65.6 Å². The van der Waals surface area contributed by atoms with Crippen LogP contribution >= 0.6 is 0 Å². The minimum absolute atomic E-state index is 0.149. The molecule has 0 spiro atoms. The third-order valence-corrected chi connectivity index (χ3v) is 5.48. The maximum Gasteiger partial charge on any atom is 0.257 e. The zero-order valence-electron chi connectivity index (χ0n) is 15.7. The van der Waals surface area contributed by atoms with Gasteiger partial charge in [0.05, 0.1) is 12.7 Å². The first-order chi connectivity index (χ1) is 13.5. The van der Waals surface area contributed by atoms with E-state index in [4.69, 9.17) is 4.74 Å². The van der Waals surface area contributed by atoms with Crippen molar-refractivity contribution in [1.29, 1.82) is 0 Å². The number of piperidine rings is 1. The van der Waals surface area contributed by atoms with Gasteiger partial charge >= 0.3 is 0 Å². The van der Waals surface area contributed by atoms with E-state index >= 15 is 4.39 Å². The number of alkyl halides is 1. The van der Waals surface area contributed by atoms with E-state index in [0.29, 0.717) is 24.4 Å². The molecule has 3 aromatic rings. The van der Waals surface area contributed by atoms with Gasteiger partial charge in [-0.3, -0.25) is 4.79 Å². The molecule has 146 valence electrons. The summed E-state index contributed by atoms with van der Waals surface area (Å²) >= 11 is 0. The summed E-state index contributed by atoms with van der Waals surface area (Å²) in [5.74, 6) is 0.0255. The van der Waals surface area contributed by atoms with E-state index in [0.717, 1.165) is 16.5 Å². The number of amides is 1. The maximum absolute atomic E-state index is 15.2. The largest absolute Gasteiger partial charge is 0.496 e.